The maximum Gasteiger partial charge on any atom is 0.200 e. The number of aliphatic hydroxyl groups is 4. The maximum atomic E-state index is 10.8. The molecule has 5 rings (SSSR count). The van der Waals surface area contributed by atoms with Crippen LogP contribution < -0.4 is 18.9 Å². The van der Waals surface area contributed by atoms with Crippen LogP contribution >= 0.6 is 0 Å². The summed E-state index contributed by atoms with van der Waals surface area (Å²) in [4.78, 5) is 0. The van der Waals surface area contributed by atoms with Crippen molar-refractivity contribution >= 4 is 0 Å². The van der Waals surface area contributed by atoms with Crippen LogP contribution in [-0.2, 0) is 18.9 Å². The third-order valence-electron chi connectivity index (χ3n) is 8.19. The van der Waals surface area contributed by atoms with Gasteiger partial charge in [-0.1, -0.05) is 0 Å². The number of methoxy groups -OCH3 is 4. The van der Waals surface area contributed by atoms with Crippen molar-refractivity contribution in [1.29, 1.82) is 0 Å². The van der Waals surface area contributed by atoms with Crippen molar-refractivity contribution in [2.45, 2.75) is 48.5 Å². The van der Waals surface area contributed by atoms with E-state index >= 15 is 0 Å². The van der Waals surface area contributed by atoms with Gasteiger partial charge in [-0.3, -0.25) is 0 Å². The van der Waals surface area contributed by atoms with Gasteiger partial charge in [0.15, 0.2) is 29.3 Å². The number of aliphatic hydroxyl groups excluding tert-OH is 4. The molecule has 3 fully saturated rings. The highest BCUT2D eigenvalue weighted by Crippen LogP contribution is 2.58. The van der Waals surface area contributed by atoms with Crippen molar-refractivity contribution in [3.05, 3.63) is 35.4 Å². The molecule has 3 aliphatic heterocycles. The first-order valence-corrected chi connectivity index (χ1v) is 13.2. The van der Waals surface area contributed by atoms with Gasteiger partial charge in [0, 0.05) is 5.92 Å². The average molecular weight is 597 g/mol. The molecular weight excluding hydrogens is 560 g/mol. The largest absolute Gasteiger partial charge is 0.502 e. The molecule has 0 saturated carbocycles. The minimum Gasteiger partial charge on any atom is -0.502 e. The first-order valence-electron chi connectivity index (χ1n) is 13.2. The molecule has 0 aliphatic carbocycles. The smallest absolute Gasteiger partial charge is 0.200 e. The van der Waals surface area contributed by atoms with Crippen LogP contribution in [0.3, 0.4) is 0 Å². The molecule has 2 aromatic rings. The fourth-order valence-corrected chi connectivity index (χ4v) is 5.95. The van der Waals surface area contributed by atoms with Crippen molar-refractivity contribution < 1.29 is 68.5 Å². The van der Waals surface area contributed by atoms with Gasteiger partial charge in [-0.2, -0.15) is 0 Å². The number of benzene rings is 2. The van der Waals surface area contributed by atoms with Gasteiger partial charge < -0.3 is 68.5 Å². The molecule has 0 spiro atoms. The minimum absolute atomic E-state index is 0.0871. The molecule has 0 radical (unpaired) electrons. The van der Waals surface area contributed by atoms with Crippen LogP contribution in [0.25, 0.3) is 0 Å². The highest BCUT2D eigenvalue weighted by molar-refractivity contribution is 5.55. The van der Waals surface area contributed by atoms with E-state index in [9.17, 15) is 30.6 Å². The van der Waals surface area contributed by atoms with Gasteiger partial charge in [0.05, 0.1) is 54.4 Å². The van der Waals surface area contributed by atoms with Gasteiger partial charge in [0.25, 0.3) is 0 Å². The highest BCUT2D eigenvalue weighted by atomic mass is 16.7. The Hall–Kier alpha value is -3.08. The first-order chi connectivity index (χ1) is 20.1. The quantitative estimate of drug-likeness (QED) is 0.229. The fourth-order valence-electron chi connectivity index (χ4n) is 5.95. The second kappa shape index (κ2) is 11.9. The molecule has 14 heteroatoms. The van der Waals surface area contributed by atoms with E-state index < -0.39 is 61.0 Å². The Morgan fingerprint density at radius 3 is 1.79 bits per heavy atom. The van der Waals surface area contributed by atoms with E-state index in [0.29, 0.717) is 11.1 Å². The lowest BCUT2D eigenvalue weighted by Crippen LogP contribution is -2.61. The summed E-state index contributed by atoms with van der Waals surface area (Å²) in [6.45, 7) is -0.650. The van der Waals surface area contributed by atoms with Crippen molar-refractivity contribution in [2.24, 2.45) is 5.92 Å². The van der Waals surface area contributed by atoms with Crippen LogP contribution in [0.5, 0.6) is 34.5 Å². The molecule has 6 N–H and O–H groups in total. The molecule has 9 atom stereocenters. The number of fused-ring (bicyclic) bond motifs is 1. The second-order valence-electron chi connectivity index (χ2n) is 10.4. The molecular formula is C28H36O14. The predicted molar refractivity (Wildman–Crippen MR) is 141 cm³/mol. The zero-order valence-corrected chi connectivity index (χ0v) is 23.5. The molecule has 232 valence electrons. The molecule has 0 aromatic heterocycles. The molecule has 3 heterocycles. The van der Waals surface area contributed by atoms with Gasteiger partial charge in [-0.05, 0) is 35.4 Å². The summed E-state index contributed by atoms with van der Waals surface area (Å²) in [7, 11) is 5.58. The number of hydrogen-bond acceptors (Lipinski definition) is 14. The van der Waals surface area contributed by atoms with Crippen LogP contribution in [0, 0.1) is 5.92 Å². The Bertz CT molecular complexity index is 1220. The van der Waals surface area contributed by atoms with Crippen LogP contribution in [0.2, 0.25) is 0 Å². The Morgan fingerprint density at radius 2 is 1.29 bits per heavy atom. The molecule has 0 bridgehead atoms. The summed E-state index contributed by atoms with van der Waals surface area (Å²) in [5.74, 6) is -0.432. The summed E-state index contributed by atoms with van der Waals surface area (Å²) < 4.78 is 46.2. The van der Waals surface area contributed by atoms with E-state index in [2.05, 4.69) is 0 Å². The topological polar surface area (TPSA) is 195 Å². The standard InChI is InChI=1S/C28H36O14/c1-35-15-5-12(6-16(36-2)20(15)30)25-14-10-39-26(13-7-17(37-3)21(31)18(8-13)38-4)28(14,11-40-25)42-27-24(34)23(33)22(32)19(9-29)41-27/h5-8,14,19,22-27,29-34H,9-11H2,1-4H3/t14-,19-,22-,23+,24-,25-,26-,27+,28-/m1/s1. The van der Waals surface area contributed by atoms with E-state index in [0.717, 1.165) is 0 Å². The molecule has 3 aliphatic rings. The first kappa shape index (κ1) is 30.4. The summed E-state index contributed by atoms with van der Waals surface area (Å²) in [6, 6.07) is 6.32. The van der Waals surface area contributed by atoms with Gasteiger partial charge in [0.1, 0.15) is 36.1 Å². The Labute approximate surface area is 241 Å². The normalized spacial score (nSPS) is 34.2. The summed E-state index contributed by atoms with van der Waals surface area (Å²) >= 11 is 0. The van der Waals surface area contributed by atoms with Crippen molar-refractivity contribution in [2.75, 3.05) is 48.3 Å². The van der Waals surface area contributed by atoms with Crippen molar-refractivity contribution in [3.63, 3.8) is 0 Å². The summed E-state index contributed by atoms with van der Waals surface area (Å²) in [5.41, 5.74) is -0.321. The monoisotopic (exact) mass is 596 g/mol. The van der Waals surface area contributed by atoms with E-state index in [1.165, 1.54) is 28.4 Å². The average Bonchev–Trinajstić information content (AvgIpc) is 3.54. The zero-order valence-electron chi connectivity index (χ0n) is 23.5. The number of aromatic hydroxyl groups is 2. The lowest BCUT2D eigenvalue weighted by molar-refractivity contribution is -0.334. The second-order valence-corrected chi connectivity index (χ2v) is 10.4. The van der Waals surface area contributed by atoms with Gasteiger partial charge in [0.2, 0.25) is 11.5 Å². The number of rotatable bonds is 9. The molecule has 0 amide bonds. The lowest BCUT2D eigenvalue weighted by Gasteiger charge is -2.44. The molecule has 0 unspecified atom stereocenters. The summed E-state index contributed by atoms with van der Waals surface area (Å²) in [6.07, 6.45) is -9.23. The predicted octanol–water partition coefficient (Wildman–Crippen LogP) is 0.146. The molecule has 2 aromatic carbocycles. The third kappa shape index (κ3) is 4.87. The Kier molecular flexibility index (Phi) is 8.60. The molecule has 3 saturated heterocycles. The number of phenolic OH excluding ortho intramolecular Hbond substituents is 2. The molecule has 42 heavy (non-hydrogen) atoms. The lowest BCUT2D eigenvalue weighted by atomic mass is 9.80. The Balaban J connectivity index is 1.60. The SMILES string of the molecule is COc1cc([C@H]2OC[C@]3(O[C@@H]4O[C@H](CO)[C@@H](O)[C@H](O)[C@H]4O)[C@@H](c4cc(OC)c(O)c(OC)c4)OC[C@H]23)cc(OC)c1O. The fraction of sp³-hybridized carbons (Fsp3) is 0.571. The van der Waals surface area contributed by atoms with E-state index in [4.69, 9.17) is 37.9 Å². The van der Waals surface area contributed by atoms with Crippen LogP contribution in [0.4, 0.5) is 0 Å². The van der Waals surface area contributed by atoms with E-state index in [1.54, 1.807) is 24.3 Å². The number of hydrogen-bond donors (Lipinski definition) is 6. The van der Waals surface area contributed by atoms with Crippen LogP contribution in [0.1, 0.15) is 23.3 Å². The highest BCUT2D eigenvalue weighted by Gasteiger charge is 2.63. The van der Waals surface area contributed by atoms with Crippen molar-refractivity contribution in [1.82, 2.24) is 0 Å². The van der Waals surface area contributed by atoms with E-state index in [-0.39, 0.29) is 47.7 Å². The maximum absolute atomic E-state index is 10.8. The van der Waals surface area contributed by atoms with Gasteiger partial charge in [-0.25, -0.2) is 0 Å². The number of phenols is 2. The van der Waals surface area contributed by atoms with Crippen LogP contribution in [-0.4, -0.2) is 115 Å². The Morgan fingerprint density at radius 1 is 0.762 bits per heavy atom. The van der Waals surface area contributed by atoms with Crippen molar-refractivity contribution in [3.8, 4) is 34.5 Å². The third-order valence-corrected chi connectivity index (χ3v) is 8.19. The summed E-state index contributed by atoms with van der Waals surface area (Å²) in [5, 5.41) is 62.3. The molecule has 14 nitrogen and oxygen atoms in total. The minimum atomic E-state index is -1.68. The van der Waals surface area contributed by atoms with E-state index in [1.807, 2.05) is 0 Å². The van der Waals surface area contributed by atoms with Crippen LogP contribution in [0.15, 0.2) is 24.3 Å². The number of ether oxygens (including phenoxy) is 8. The van der Waals surface area contributed by atoms with Gasteiger partial charge in [-0.15, -0.1) is 0 Å². The zero-order chi connectivity index (χ0) is 30.3. The van der Waals surface area contributed by atoms with Gasteiger partial charge >= 0.3 is 0 Å².